The van der Waals surface area contributed by atoms with Crippen molar-refractivity contribution in [2.24, 2.45) is 0 Å². The molecule has 170 valence electrons. The van der Waals surface area contributed by atoms with E-state index >= 15 is 0 Å². The van der Waals surface area contributed by atoms with E-state index in [1.54, 1.807) is 17.4 Å². The van der Waals surface area contributed by atoms with Crippen LogP contribution in [0.5, 0.6) is 0 Å². The molecule has 9 heteroatoms. The fourth-order valence-electron chi connectivity index (χ4n) is 4.02. The van der Waals surface area contributed by atoms with Crippen molar-refractivity contribution in [1.82, 2.24) is 20.4 Å². The maximum Gasteiger partial charge on any atom is 0.228 e. The van der Waals surface area contributed by atoms with Crippen LogP contribution in [0.2, 0.25) is 0 Å². The minimum atomic E-state index is -0.127. The van der Waals surface area contributed by atoms with Gasteiger partial charge in [-0.05, 0) is 52.3 Å². The van der Waals surface area contributed by atoms with Crippen molar-refractivity contribution < 1.29 is 14.1 Å². The average molecular weight is 456 g/mol. The maximum absolute atomic E-state index is 12.5. The van der Waals surface area contributed by atoms with E-state index in [0.29, 0.717) is 12.3 Å². The average Bonchev–Trinajstić information content (AvgIpc) is 3.31. The number of pyridine rings is 1. The Hall–Kier alpha value is -2.78. The SMILES string of the molecule is Cc1cc(CC(=O)NCc2nc(N3C[C@@H](C)O[C@@H](C)C3)sc2-c2cc(C)nc(C)c2)on1. The first kappa shape index (κ1) is 22.4. The molecule has 1 fully saturated rings. The lowest BCUT2D eigenvalue weighted by Crippen LogP contribution is -2.45. The molecule has 0 radical (unpaired) electrons. The number of nitrogens with one attached hydrogen (secondary N) is 1. The molecule has 8 nitrogen and oxygen atoms in total. The number of carbonyl (C=O) groups is 1. The second-order valence-electron chi connectivity index (χ2n) is 8.46. The van der Waals surface area contributed by atoms with Crippen molar-refractivity contribution >= 4 is 22.4 Å². The van der Waals surface area contributed by atoms with E-state index in [1.807, 2.05) is 20.8 Å². The van der Waals surface area contributed by atoms with Gasteiger partial charge >= 0.3 is 0 Å². The van der Waals surface area contributed by atoms with Crippen LogP contribution in [0, 0.1) is 20.8 Å². The number of thiazole rings is 1. The van der Waals surface area contributed by atoms with Crippen molar-refractivity contribution in [3.63, 3.8) is 0 Å². The van der Waals surface area contributed by atoms with Crippen molar-refractivity contribution in [3.8, 4) is 10.4 Å². The number of ether oxygens (including phenoxy) is 1. The Labute approximate surface area is 192 Å². The summed E-state index contributed by atoms with van der Waals surface area (Å²) in [5, 5.41) is 7.78. The standard InChI is InChI=1S/C23H29N5O3S/c1-13-6-18(7-14(2)25-13)22-20(10-24-21(29)9-19-8-15(3)27-31-19)26-23(32-22)28-11-16(4)30-17(5)12-28/h6-8,16-17H,9-12H2,1-5H3,(H,24,29)/t16-,17+. The zero-order valence-corrected chi connectivity index (χ0v) is 20.0. The van der Waals surface area contributed by atoms with E-state index in [0.717, 1.165) is 51.4 Å². The fourth-order valence-corrected chi connectivity index (χ4v) is 5.11. The highest BCUT2D eigenvalue weighted by Gasteiger charge is 2.26. The lowest BCUT2D eigenvalue weighted by Gasteiger charge is -2.35. The highest BCUT2D eigenvalue weighted by atomic mass is 32.1. The van der Waals surface area contributed by atoms with Gasteiger partial charge in [-0.2, -0.15) is 0 Å². The number of aryl methyl sites for hydroxylation is 3. The first-order valence-electron chi connectivity index (χ1n) is 10.8. The molecule has 0 unspecified atom stereocenters. The first-order valence-corrected chi connectivity index (χ1v) is 11.6. The Balaban J connectivity index is 1.58. The topological polar surface area (TPSA) is 93.4 Å². The monoisotopic (exact) mass is 455 g/mol. The number of aromatic nitrogens is 3. The predicted molar refractivity (Wildman–Crippen MR) is 124 cm³/mol. The summed E-state index contributed by atoms with van der Waals surface area (Å²) in [6.07, 6.45) is 0.439. The summed E-state index contributed by atoms with van der Waals surface area (Å²) in [6.45, 7) is 11.9. The molecule has 0 saturated carbocycles. The van der Waals surface area contributed by atoms with Crippen LogP contribution in [0.1, 0.15) is 42.4 Å². The van der Waals surface area contributed by atoms with Crippen molar-refractivity contribution in [2.45, 2.75) is 59.8 Å². The molecule has 2 atom stereocenters. The van der Waals surface area contributed by atoms with Crippen LogP contribution >= 0.6 is 11.3 Å². The molecule has 1 aliphatic rings. The molecule has 1 aliphatic heterocycles. The zero-order chi connectivity index (χ0) is 22.8. The van der Waals surface area contributed by atoms with Gasteiger partial charge in [-0.3, -0.25) is 9.78 Å². The van der Waals surface area contributed by atoms with Crippen LogP contribution in [0.4, 0.5) is 5.13 Å². The molecule has 1 saturated heterocycles. The summed E-state index contributed by atoms with van der Waals surface area (Å²) in [4.78, 5) is 25.3. The second-order valence-corrected chi connectivity index (χ2v) is 9.44. The molecule has 3 aromatic heterocycles. The van der Waals surface area contributed by atoms with E-state index in [-0.39, 0.29) is 24.5 Å². The van der Waals surface area contributed by atoms with Gasteiger partial charge in [0.2, 0.25) is 5.91 Å². The predicted octanol–water partition coefficient (Wildman–Crippen LogP) is 3.59. The molecular weight excluding hydrogens is 426 g/mol. The number of amides is 1. The Morgan fingerprint density at radius 3 is 2.41 bits per heavy atom. The molecule has 32 heavy (non-hydrogen) atoms. The minimum Gasteiger partial charge on any atom is -0.372 e. The van der Waals surface area contributed by atoms with Crippen LogP contribution in [-0.2, 0) is 22.5 Å². The maximum atomic E-state index is 12.5. The van der Waals surface area contributed by atoms with Crippen LogP contribution in [0.15, 0.2) is 22.7 Å². The van der Waals surface area contributed by atoms with Gasteiger partial charge in [0, 0.05) is 30.5 Å². The lowest BCUT2D eigenvalue weighted by molar-refractivity contribution is -0.120. The third kappa shape index (κ3) is 5.34. The molecule has 4 rings (SSSR count). The Morgan fingerprint density at radius 1 is 1.09 bits per heavy atom. The van der Waals surface area contributed by atoms with E-state index in [4.69, 9.17) is 14.2 Å². The van der Waals surface area contributed by atoms with Crippen molar-refractivity contribution in [2.75, 3.05) is 18.0 Å². The third-order valence-electron chi connectivity index (χ3n) is 5.18. The normalized spacial score (nSPS) is 18.7. The van der Waals surface area contributed by atoms with Gasteiger partial charge in [-0.15, -0.1) is 0 Å². The number of carbonyl (C=O) groups excluding carboxylic acids is 1. The van der Waals surface area contributed by atoms with Crippen molar-refractivity contribution in [1.29, 1.82) is 0 Å². The lowest BCUT2D eigenvalue weighted by atomic mass is 10.1. The Bertz CT molecular complexity index is 1080. The van der Waals surface area contributed by atoms with Gasteiger partial charge in [-0.25, -0.2) is 4.98 Å². The first-order chi connectivity index (χ1) is 15.3. The van der Waals surface area contributed by atoms with Crippen LogP contribution in [0.25, 0.3) is 10.4 Å². The number of hydrogen-bond acceptors (Lipinski definition) is 8. The summed E-state index contributed by atoms with van der Waals surface area (Å²) >= 11 is 1.65. The van der Waals surface area contributed by atoms with Crippen LogP contribution < -0.4 is 10.2 Å². The number of morpholine rings is 1. The smallest absolute Gasteiger partial charge is 0.228 e. The van der Waals surface area contributed by atoms with Gasteiger partial charge < -0.3 is 19.5 Å². The van der Waals surface area contributed by atoms with E-state index in [2.05, 4.69) is 46.3 Å². The van der Waals surface area contributed by atoms with Gasteiger partial charge in [0.25, 0.3) is 0 Å². The fraction of sp³-hybridized carbons (Fsp3) is 0.478. The van der Waals surface area contributed by atoms with E-state index in [1.165, 1.54) is 0 Å². The van der Waals surface area contributed by atoms with Crippen molar-refractivity contribution in [3.05, 3.63) is 46.7 Å². The largest absolute Gasteiger partial charge is 0.372 e. The molecule has 4 heterocycles. The number of hydrogen-bond donors (Lipinski definition) is 1. The molecule has 0 aromatic carbocycles. The summed E-state index contributed by atoms with van der Waals surface area (Å²) in [6, 6.07) is 5.91. The van der Waals surface area contributed by atoms with Gasteiger partial charge in [-0.1, -0.05) is 16.5 Å². The highest BCUT2D eigenvalue weighted by Crippen LogP contribution is 2.36. The summed E-state index contributed by atoms with van der Waals surface area (Å²) in [5.74, 6) is 0.424. The van der Waals surface area contributed by atoms with Crippen LogP contribution in [-0.4, -0.2) is 46.3 Å². The zero-order valence-electron chi connectivity index (χ0n) is 19.1. The second kappa shape index (κ2) is 9.38. The molecule has 3 aromatic rings. The Morgan fingerprint density at radius 2 is 1.78 bits per heavy atom. The molecule has 0 aliphatic carbocycles. The third-order valence-corrected chi connectivity index (χ3v) is 6.39. The van der Waals surface area contributed by atoms with Gasteiger partial charge in [0.1, 0.15) is 5.76 Å². The van der Waals surface area contributed by atoms with Crippen LogP contribution in [0.3, 0.4) is 0 Å². The number of rotatable bonds is 6. The highest BCUT2D eigenvalue weighted by molar-refractivity contribution is 7.19. The quantitative estimate of drug-likeness (QED) is 0.607. The molecule has 0 bridgehead atoms. The molecule has 1 amide bonds. The van der Waals surface area contributed by atoms with E-state index in [9.17, 15) is 4.79 Å². The minimum absolute atomic E-state index is 0.127. The Kier molecular flexibility index (Phi) is 6.57. The molecule has 0 spiro atoms. The number of nitrogens with zero attached hydrogens (tertiary/aromatic N) is 4. The summed E-state index contributed by atoms with van der Waals surface area (Å²) in [7, 11) is 0. The number of anilines is 1. The van der Waals surface area contributed by atoms with Gasteiger partial charge in [0.05, 0.1) is 41.4 Å². The van der Waals surface area contributed by atoms with E-state index < -0.39 is 0 Å². The van der Waals surface area contributed by atoms with Gasteiger partial charge in [0.15, 0.2) is 5.13 Å². The summed E-state index contributed by atoms with van der Waals surface area (Å²) in [5.41, 5.74) is 4.60. The molecule has 1 N–H and O–H groups in total. The molecular formula is C23H29N5O3S. The summed E-state index contributed by atoms with van der Waals surface area (Å²) < 4.78 is 11.0.